The summed E-state index contributed by atoms with van der Waals surface area (Å²) < 4.78 is 28.8. The maximum Gasteiger partial charge on any atom is 0.150 e. The molecule has 0 aliphatic carbocycles. The molecule has 3 N–H and O–H groups in total. The van der Waals surface area contributed by atoms with Crippen LogP contribution < -0.4 is 16.0 Å². The molecule has 5 nitrogen and oxygen atoms in total. The van der Waals surface area contributed by atoms with E-state index in [0.717, 1.165) is 30.6 Å². The number of ether oxygens (including phenoxy) is 1. The third kappa shape index (κ3) is 2.68. The Morgan fingerprint density at radius 2 is 2.30 bits per heavy atom. The zero-order valence-electron chi connectivity index (χ0n) is 11.3. The van der Waals surface area contributed by atoms with Crippen LogP contribution in [0.3, 0.4) is 0 Å². The lowest BCUT2D eigenvalue weighted by molar-refractivity contribution is 0.341. The topological polar surface area (TPSA) is 81.4 Å². The molecule has 0 saturated carbocycles. The summed E-state index contributed by atoms with van der Waals surface area (Å²) in [6.07, 6.45) is 2.39. The highest BCUT2D eigenvalue weighted by molar-refractivity contribution is 7.91. The van der Waals surface area contributed by atoms with Gasteiger partial charge in [-0.2, -0.15) is 0 Å². The lowest BCUT2D eigenvalue weighted by atomic mass is 9.93. The summed E-state index contributed by atoms with van der Waals surface area (Å²) in [4.78, 5) is 0. The minimum Gasteiger partial charge on any atom is -0.493 e. The summed E-state index contributed by atoms with van der Waals surface area (Å²) in [7, 11) is -2.84. The predicted molar refractivity (Wildman–Crippen MR) is 77.1 cm³/mol. The largest absolute Gasteiger partial charge is 0.493 e. The van der Waals surface area contributed by atoms with Crippen LogP contribution in [0.25, 0.3) is 0 Å². The number of rotatable bonds is 4. The second-order valence-corrected chi connectivity index (χ2v) is 7.89. The highest BCUT2D eigenvalue weighted by Gasteiger charge is 2.31. The lowest BCUT2D eigenvalue weighted by Crippen LogP contribution is -2.30. The van der Waals surface area contributed by atoms with Gasteiger partial charge in [-0.1, -0.05) is 18.2 Å². The van der Waals surface area contributed by atoms with Crippen LogP contribution in [0.5, 0.6) is 5.75 Å². The number of benzene rings is 1. The molecule has 1 fully saturated rings. The zero-order valence-corrected chi connectivity index (χ0v) is 12.2. The Kier molecular flexibility index (Phi) is 3.70. The van der Waals surface area contributed by atoms with E-state index >= 15 is 0 Å². The molecule has 0 radical (unpaired) electrons. The van der Waals surface area contributed by atoms with Crippen molar-refractivity contribution in [2.75, 3.05) is 18.1 Å². The predicted octanol–water partition coefficient (Wildman–Crippen LogP) is 0.951. The van der Waals surface area contributed by atoms with Crippen molar-refractivity contribution in [3.05, 3.63) is 29.3 Å². The van der Waals surface area contributed by atoms with Gasteiger partial charge in [0.15, 0.2) is 9.84 Å². The van der Waals surface area contributed by atoms with Crippen LogP contribution in [-0.2, 0) is 16.3 Å². The number of nitrogens with two attached hydrogens (primary N) is 1. The fourth-order valence-corrected chi connectivity index (χ4v) is 5.07. The summed E-state index contributed by atoms with van der Waals surface area (Å²) in [6, 6.07) is 6.04. The number of hydrazine groups is 1. The smallest absolute Gasteiger partial charge is 0.150 e. The number of nitrogens with one attached hydrogen (secondary N) is 1. The molecule has 2 aliphatic rings. The molecule has 6 heteroatoms. The van der Waals surface area contributed by atoms with E-state index in [4.69, 9.17) is 10.6 Å². The molecule has 20 heavy (non-hydrogen) atoms. The molecule has 0 aromatic heterocycles. The highest BCUT2D eigenvalue weighted by Crippen LogP contribution is 2.37. The number of para-hydroxylation sites is 1. The number of sulfone groups is 1. The van der Waals surface area contributed by atoms with Gasteiger partial charge in [0.2, 0.25) is 0 Å². The second-order valence-electron chi connectivity index (χ2n) is 5.66. The molecule has 0 spiro atoms. The maximum absolute atomic E-state index is 11.6. The Bertz CT molecular complexity index is 600. The van der Waals surface area contributed by atoms with Crippen LogP contribution in [0.2, 0.25) is 0 Å². The standard InChI is InChI=1S/C14H20N2O3S/c15-16-13(8-10-5-7-20(17,18)9-10)12-3-1-2-11-4-6-19-14(11)12/h1-3,10,13,16H,4-9,15H2. The first kappa shape index (κ1) is 13.9. The van der Waals surface area contributed by atoms with Gasteiger partial charge in [0.05, 0.1) is 18.1 Å². The highest BCUT2D eigenvalue weighted by atomic mass is 32.2. The van der Waals surface area contributed by atoms with E-state index in [2.05, 4.69) is 11.5 Å². The van der Waals surface area contributed by atoms with E-state index in [1.54, 1.807) is 0 Å². The van der Waals surface area contributed by atoms with Gasteiger partial charge in [-0.15, -0.1) is 0 Å². The summed E-state index contributed by atoms with van der Waals surface area (Å²) in [6.45, 7) is 0.710. The van der Waals surface area contributed by atoms with E-state index < -0.39 is 9.84 Å². The van der Waals surface area contributed by atoms with Crippen LogP contribution in [0.15, 0.2) is 18.2 Å². The SMILES string of the molecule is NNC(CC1CCS(=O)(=O)C1)c1cccc2c1OCC2. The Labute approximate surface area is 119 Å². The van der Waals surface area contributed by atoms with E-state index in [0.29, 0.717) is 12.4 Å². The third-order valence-electron chi connectivity index (χ3n) is 4.22. The first-order chi connectivity index (χ1) is 9.59. The summed E-state index contributed by atoms with van der Waals surface area (Å²) in [5.74, 6) is 7.38. The van der Waals surface area contributed by atoms with Crippen molar-refractivity contribution in [1.29, 1.82) is 0 Å². The van der Waals surface area contributed by atoms with Gasteiger partial charge in [0, 0.05) is 18.0 Å². The van der Waals surface area contributed by atoms with Crippen LogP contribution in [0.1, 0.15) is 30.0 Å². The van der Waals surface area contributed by atoms with Crippen LogP contribution in [-0.4, -0.2) is 26.5 Å². The van der Waals surface area contributed by atoms with Gasteiger partial charge in [-0.25, -0.2) is 8.42 Å². The Morgan fingerprint density at radius 3 is 3.00 bits per heavy atom. The van der Waals surface area contributed by atoms with Crippen LogP contribution >= 0.6 is 0 Å². The van der Waals surface area contributed by atoms with Crippen LogP contribution in [0, 0.1) is 5.92 Å². The molecule has 1 aromatic carbocycles. The van der Waals surface area contributed by atoms with Gasteiger partial charge in [-0.05, 0) is 24.3 Å². The number of hydrogen-bond donors (Lipinski definition) is 2. The van der Waals surface area contributed by atoms with E-state index in [9.17, 15) is 8.42 Å². The van der Waals surface area contributed by atoms with Gasteiger partial charge in [0.1, 0.15) is 5.75 Å². The Balaban J connectivity index is 1.79. The molecule has 0 amide bonds. The van der Waals surface area contributed by atoms with E-state index in [-0.39, 0.29) is 17.7 Å². The minimum atomic E-state index is -2.84. The van der Waals surface area contributed by atoms with Crippen molar-refractivity contribution < 1.29 is 13.2 Å². The molecule has 2 unspecified atom stereocenters. The zero-order chi connectivity index (χ0) is 14.2. The molecule has 110 valence electrons. The molecule has 0 bridgehead atoms. The van der Waals surface area contributed by atoms with Crippen molar-refractivity contribution in [2.45, 2.75) is 25.3 Å². The first-order valence-corrected chi connectivity index (χ1v) is 8.82. The fourth-order valence-electron chi connectivity index (χ4n) is 3.19. The van der Waals surface area contributed by atoms with Crippen LogP contribution in [0.4, 0.5) is 0 Å². The quantitative estimate of drug-likeness (QED) is 0.638. The van der Waals surface area contributed by atoms with Gasteiger partial charge in [-0.3, -0.25) is 11.3 Å². The van der Waals surface area contributed by atoms with Gasteiger partial charge in [0.25, 0.3) is 0 Å². The van der Waals surface area contributed by atoms with E-state index in [1.165, 1.54) is 5.56 Å². The van der Waals surface area contributed by atoms with Crippen molar-refractivity contribution in [2.24, 2.45) is 11.8 Å². The number of hydrogen-bond acceptors (Lipinski definition) is 5. The summed E-state index contributed by atoms with van der Waals surface area (Å²) in [5.41, 5.74) is 5.09. The van der Waals surface area contributed by atoms with Gasteiger partial charge >= 0.3 is 0 Å². The molecule has 1 saturated heterocycles. The summed E-state index contributed by atoms with van der Waals surface area (Å²) >= 11 is 0. The van der Waals surface area contributed by atoms with Gasteiger partial charge < -0.3 is 4.74 Å². The summed E-state index contributed by atoms with van der Waals surface area (Å²) in [5, 5.41) is 0. The van der Waals surface area contributed by atoms with E-state index in [1.807, 2.05) is 12.1 Å². The average molecular weight is 296 g/mol. The van der Waals surface area contributed by atoms with Crippen molar-refractivity contribution in [3.63, 3.8) is 0 Å². The Hall–Kier alpha value is -1.11. The monoisotopic (exact) mass is 296 g/mol. The lowest BCUT2D eigenvalue weighted by Gasteiger charge is -2.21. The molecule has 2 atom stereocenters. The van der Waals surface area contributed by atoms with Crippen molar-refractivity contribution in [1.82, 2.24) is 5.43 Å². The van der Waals surface area contributed by atoms with Crippen molar-refractivity contribution >= 4 is 9.84 Å². The molecule has 2 heterocycles. The van der Waals surface area contributed by atoms with Crippen molar-refractivity contribution in [3.8, 4) is 5.75 Å². The molecule has 3 rings (SSSR count). The molecule has 2 aliphatic heterocycles. The third-order valence-corrected chi connectivity index (χ3v) is 6.05. The number of fused-ring (bicyclic) bond motifs is 1. The molecular formula is C14H20N2O3S. The fraction of sp³-hybridized carbons (Fsp3) is 0.571. The average Bonchev–Trinajstić information content (AvgIpc) is 3.01. The molecule has 1 aromatic rings. The Morgan fingerprint density at radius 1 is 1.45 bits per heavy atom. The normalized spacial score (nSPS) is 25.1. The maximum atomic E-state index is 11.6. The first-order valence-electron chi connectivity index (χ1n) is 7.00. The molecular weight excluding hydrogens is 276 g/mol. The minimum absolute atomic E-state index is 0.0543. The second kappa shape index (κ2) is 5.35.